The van der Waals surface area contributed by atoms with Gasteiger partial charge in [0.1, 0.15) is 0 Å². The average molecular weight is 400 g/mol. The van der Waals surface area contributed by atoms with Crippen molar-refractivity contribution in [3.63, 3.8) is 0 Å². The fourth-order valence-electron chi connectivity index (χ4n) is 2.43. The summed E-state index contributed by atoms with van der Waals surface area (Å²) in [6.45, 7) is 10.0. The van der Waals surface area contributed by atoms with Gasteiger partial charge in [0.2, 0.25) is 0 Å². The molecule has 28 heavy (non-hydrogen) atoms. The molecule has 0 aliphatic rings. The maximum absolute atomic E-state index is 12.1. The molecule has 0 aliphatic heterocycles. The molecule has 0 bridgehead atoms. The van der Waals surface area contributed by atoms with E-state index >= 15 is 0 Å². The van der Waals surface area contributed by atoms with Crippen LogP contribution in [0.3, 0.4) is 0 Å². The second-order valence-corrected chi connectivity index (χ2v) is 13.4. The van der Waals surface area contributed by atoms with E-state index in [1.807, 2.05) is 24.3 Å². The van der Waals surface area contributed by atoms with Gasteiger partial charge < -0.3 is 14.8 Å². The van der Waals surface area contributed by atoms with Crippen LogP contribution in [0.1, 0.15) is 33.2 Å². The molecule has 5 nitrogen and oxygen atoms in total. The van der Waals surface area contributed by atoms with E-state index in [1.165, 1.54) is 0 Å². The number of carbonyl (C=O) groups is 2. The van der Waals surface area contributed by atoms with Crippen LogP contribution in [0.25, 0.3) is 0 Å². The summed E-state index contributed by atoms with van der Waals surface area (Å²) in [7, 11) is -1.20. The number of nitrogens with one attached hydrogen (secondary N) is 1. The van der Waals surface area contributed by atoms with E-state index in [2.05, 4.69) is 25.0 Å². The van der Waals surface area contributed by atoms with Crippen LogP contribution < -0.4 is 5.32 Å². The van der Waals surface area contributed by atoms with Crippen LogP contribution in [0.4, 0.5) is 5.69 Å². The van der Waals surface area contributed by atoms with Crippen molar-refractivity contribution in [2.24, 2.45) is 0 Å². The monoisotopic (exact) mass is 399 g/mol. The molecule has 6 heteroatoms. The van der Waals surface area contributed by atoms with Crippen LogP contribution in [-0.2, 0) is 16.0 Å². The molecule has 0 heterocycles. The topological polar surface area (TPSA) is 64.6 Å². The zero-order chi connectivity index (χ0) is 20.6. The Labute approximate surface area is 168 Å². The standard InChI is InChI=1S/C22H29NO4Si/c1-5-26-21(24)19-10-12-20(13-11-19)23-16-17-6-8-18(9-7-17)22(25)27-14-15-28(2,3)4/h6-13,23H,5,14-16H2,1-4H3. The average Bonchev–Trinajstić information content (AvgIpc) is 2.66. The summed E-state index contributed by atoms with van der Waals surface area (Å²) in [6.07, 6.45) is 0. The largest absolute Gasteiger partial charge is 0.462 e. The first-order valence-electron chi connectivity index (χ1n) is 9.55. The normalized spacial score (nSPS) is 11.0. The zero-order valence-electron chi connectivity index (χ0n) is 17.1. The van der Waals surface area contributed by atoms with Gasteiger partial charge in [-0.2, -0.15) is 0 Å². The Morgan fingerprint density at radius 2 is 1.39 bits per heavy atom. The summed E-state index contributed by atoms with van der Waals surface area (Å²) in [5.41, 5.74) is 3.05. The third-order valence-corrected chi connectivity index (χ3v) is 5.87. The Hall–Kier alpha value is -2.60. The van der Waals surface area contributed by atoms with Crippen LogP contribution >= 0.6 is 0 Å². The lowest BCUT2D eigenvalue weighted by molar-refractivity contribution is 0.0516. The SMILES string of the molecule is CCOC(=O)c1ccc(NCc2ccc(C(=O)OCC[Si](C)(C)C)cc2)cc1. The summed E-state index contributed by atoms with van der Waals surface area (Å²) in [5, 5.41) is 3.29. The summed E-state index contributed by atoms with van der Waals surface area (Å²) in [4.78, 5) is 23.8. The minimum atomic E-state index is -1.20. The van der Waals surface area contributed by atoms with Crippen LogP contribution in [0.5, 0.6) is 0 Å². The van der Waals surface area contributed by atoms with Gasteiger partial charge in [0.25, 0.3) is 0 Å². The van der Waals surface area contributed by atoms with Gasteiger partial charge in [-0.15, -0.1) is 0 Å². The maximum atomic E-state index is 12.1. The number of benzene rings is 2. The Morgan fingerprint density at radius 1 is 0.857 bits per heavy atom. The van der Waals surface area contributed by atoms with Gasteiger partial charge in [-0.3, -0.25) is 0 Å². The van der Waals surface area contributed by atoms with E-state index in [-0.39, 0.29) is 11.9 Å². The number of anilines is 1. The van der Waals surface area contributed by atoms with Crippen molar-refractivity contribution in [2.75, 3.05) is 18.5 Å². The number of hydrogen-bond donors (Lipinski definition) is 1. The molecule has 2 aromatic rings. The second kappa shape index (κ2) is 10.1. The molecule has 0 atom stereocenters. The zero-order valence-corrected chi connectivity index (χ0v) is 18.1. The molecule has 0 unspecified atom stereocenters. The minimum Gasteiger partial charge on any atom is -0.462 e. The summed E-state index contributed by atoms with van der Waals surface area (Å²) < 4.78 is 10.3. The van der Waals surface area contributed by atoms with Crippen molar-refractivity contribution in [1.29, 1.82) is 0 Å². The molecule has 150 valence electrons. The van der Waals surface area contributed by atoms with Crippen molar-refractivity contribution in [3.8, 4) is 0 Å². The molecular weight excluding hydrogens is 370 g/mol. The van der Waals surface area contributed by atoms with Gasteiger partial charge in [-0.1, -0.05) is 31.8 Å². The van der Waals surface area contributed by atoms with E-state index in [9.17, 15) is 9.59 Å². The molecule has 0 aliphatic carbocycles. The van der Waals surface area contributed by atoms with Gasteiger partial charge in [0.05, 0.1) is 24.3 Å². The third-order valence-electron chi connectivity index (χ3n) is 4.17. The molecule has 2 aromatic carbocycles. The maximum Gasteiger partial charge on any atom is 0.338 e. The molecule has 0 amide bonds. The first-order valence-corrected chi connectivity index (χ1v) is 13.3. The molecule has 0 aromatic heterocycles. The fraction of sp³-hybridized carbons (Fsp3) is 0.364. The molecule has 0 spiro atoms. The first-order chi connectivity index (χ1) is 13.3. The van der Waals surface area contributed by atoms with Gasteiger partial charge in [-0.25, -0.2) is 9.59 Å². The van der Waals surface area contributed by atoms with Gasteiger partial charge in [0.15, 0.2) is 0 Å². The van der Waals surface area contributed by atoms with Crippen molar-refractivity contribution >= 4 is 25.7 Å². The highest BCUT2D eigenvalue weighted by atomic mass is 28.3. The number of hydrogen-bond acceptors (Lipinski definition) is 5. The first kappa shape index (κ1) is 21.7. The van der Waals surface area contributed by atoms with Crippen molar-refractivity contribution < 1.29 is 19.1 Å². The van der Waals surface area contributed by atoms with E-state index in [0.717, 1.165) is 17.3 Å². The van der Waals surface area contributed by atoms with Gasteiger partial charge >= 0.3 is 11.9 Å². The summed E-state index contributed by atoms with van der Waals surface area (Å²) in [5.74, 6) is -0.589. The number of esters is 2. The van der Waals surface area contributed by atoms with Crippen LogP contribution in [0.15, 0.2) is 48.5 Å². The summed E-state index contributed by atoms with van der Waals surface area (Å²) in [6, 6.07) is 15.5. The highest BCUT2D eigenvalue weighted by Gasteiger charge is 2.14. The second-order valence-electron chi connectivity index (χ2n) is 7.79. The third kappa shape index (κ3) is 7.19. The predicted octanol–water partition coefficient (Wildman–Crippen LogP) is 4.97. The van der Waals surface area contributed by atoms with Crippen molar-refractivity contribution in [3.05, 3.63) is 65.2 Å². The van der Waals surface area contributed by atoms with E-state index < -0.39 is 8.07 Å². The molecule has 0 saturated heterocycles. The summed E-state index contributed by atoms with van der Waals surface area (Å²) >= 11 is 0. The molecule has 0 saturated carbocycles. The molecule has 1 N–H and O–H groups in total. The predicted molar refractivity (Wildman–Crippen MR) is 115 cm³/mol. The molecule has 2 rings (SSSR count). The smallest absolute Gasteiger partial charge is 0.338 e. The Balaban J connectivity index is 1.84. The number of rotatable bonds is 9. The van der Waals surface area contributed by atoms with Crippen LogP contribution in [0, 0.1) is 0 Å². The molecule has 0 fully saturated rings. The highest BCUT2D eigenvalue weighted by molar-refractivity contribution is 6.76. The lowest BCUT2D eigenvalue weighted by Crippen LogP contribution is -2.22. The van der Waals surface area contributed by atoms with E-state index in [1.54, 1.807) is 31.2 Å². The van der Waals surface area contributed by atoms with Crippen LogP contribution in [0.2, 0.25) is 25.7 Å². The molecular formula is C22H29NO4Si. The highest BCUT2D eigenvalue weighted by Crippen LogP contribution is 2.14. The number of ether oxygens (including phenoxy) is 2. The lowest BCUT2D eigenvalue weighted by Gasteiger charge is -2.15. The number of carbonyl (C=O) groups excluding carboxylic acids is 2. The quantitative estimate of drug-likeness (QED) is 0.476. The Morgan fingerprint density at radius 3 is 1.93 bits per heavy atom. The molecule has 0 radical (unpaired) electrons. The Bertz CT molecular complexity index is 780. The Kier molecular flexibility index (Phi) is 7.81. The van der Waals surface area contributed by atoms with Gasteiger partial charge in [0, 0.05) is 20.3 Å². The van der Waals surface area contributed by atoms with Gasteiger partial charge in [-0.05, 0) is 54.9 Å². The fourth-order valence-corrected chi connectivity index (χ4v) is 3.15. The van der Waals surface area contributed by atoms with E-state index in [4.69, 9.17) is 9.47 Å². The van der Waals surface area contributed by atoms with Crippen molar-refractivity contribution in [1.82, 2.24) is 0 Å². The lowest BCUT2D eigenvalue weighted by atomic mass is 10.1. The van der Waals surface area contributed by atoms with E-state index in [0.29, 0.717) is 30.9 Å². The minimum absolute atomic E-state index is 0.271. The van der Waals surface area contributed by atoms with Crippen molar-refractivity contribution in [2.45, 2.75) is 39.2 Å². The van der Waals surface area contributed by atoms with Crippen LogP contribution in [-0.4, -0.2) is 33.2 Å².